The van der Waals surface area contributed by atoms with Crippen LogP contribution in [0, 0.1) is 0 Å². The molecular weight excluding hydrogens is 617 g/mol. The molecule has 0 saturated carbocycles. The van der Waals surface area contributed by atoms with Gasteiger partial charge in [-0.1, -0.05) is 6.07 Å². The number of carboxylic acid groups (broad SMARTS) is 1. The maximum absolute atomic E-state index is 13.4. The van der Waals surface area contributed by atoms with Crippen LogP contribution in [0.25, 0.3) is 32.6 Å². The summed E-state index contributed by atoms with van der Waals surface area (Å²) < 4.78 is 46.9. The van der Waals surface area contributed by atoms with Crippen molar-refractivity contribution in [2.75, 3.05) is 18.4 Å². The van der Waals surface area contributed by atoms with E-state index in [-0.39, 0.29) is 40.4 Å². The van der Waals surface area contributed by atoms with Crippen molar-refractivity contribution in [2.24, 2.45) is 0 Å². The Labute approximate surface area is 258 Å². The standard InChI is InChI=1S/C29H29F3N6O6S/c1-5-33-26(42)37-22-11-16(24-36-21(14-45-24)29(30,31)32)18(12-35-22)15-6-7-20-17(10-15)23(39)19(25(40)41)13-38(20)9-8-34-27(43)44-28(2,3)4/h6-7,10-14H,5,8-9H2,1-4H3,(H,34,43)(H,40,41)(H2,33,35,37,42). The molecule has 3 aromatic heterocycles. The number of nitrogens with one attached hydrogen (secondary N) is 3. The lowest BCUT2D eigenvalue weighted by Crippen LogP contribution is -2.34. The number of anilines is 1. The smallest absolute Gasteiger partial charge is 0.434 e. The Balaban J connectivity index is 1.80. The van der Waals surface area contributed by atoms with Crippen molar-refractivity contribution in [1.82, 2.24) is 25.2 Å². The van der Waals surface area contributed by atoms with Gasteiger partial charge in [0.25, 0.3) is 0 Å². The third-order valence-electron chi connectivity index (χ3n) is 6.15. The lowest BCUT2D eigenvalue weighted by molar-refractivity contribution is -0.140. The number of nitrogens with zero attached hydrogens (tertiary/aromatic N) is 3. The Morgan fingerprint density at radius 1 is 1.09 bits per heavy atom. The van der Waals surface area contributed by atoms with E-state index in [1.807, 2.05) is 0 Å². The van der Waals surface area contributed by atoms with Crippen LogP contribution >= 0.6 is 11.3 Å². The van der Waals surface area contributed by atoms with Gasteiger partial charge in [0, 0.05) is 53.9 Å². The molecule has 1 aromatic carbocycles. The van der Waals surface area contributed by atoms with E-state index < -0.39 is 46.6 Å². The maximum atomic E-state index is 13.4. The average molecular weight is 647 g/mol. The highest BCUT2D eigenvalue weighted by Gasteiger charge is 2.34. The lowest BCUT2D eigenvalue weighted by atomic mass is 9.99. The zero-order valence-electron chi connectivity index (χ0n) is 24.5. The minimum absolute atomic E-state index is 0.00950. The van der Waals surface area contributed by atoms with Crippen molar-refractivity contribution in [2.45, 2.75) is 46.0 Å². The molecule has 0 aliphatic rings. The van der Waals surface area contributed by atoms with Gasteiger partial charge in [-0.05, 0) is 51.5 Å². The summed E-state index contributed by atoms with van der Waals surface area (Å²) in [7, 11) is 0. The van der Waals surface area contributed by atoms with E-state index in [1.54, 1.807) is 39.8 Å². The molecule has 0 unspecified atom stereocenters. The van der Waals surface area contributed by atoms with Gasteiger partial charge in [0.1, 0.15) is 22.0 Å². The Morgan fingerprint density at radius 3 is 2.44 bits per heavy atom. The third-order valence-corrected chi connectivity index (χ3v) is 7.03. The molecule has 0 saturated heterocycles. The first kappa shape index (κ1) is 32.9. The fraction of sp³-hybridized carbons (Fsp3) is 0.310. The highest BCUT2D eigenvalue weighted by atomic mass is 32.1. The van der Waals surface area contributed by atoms with Crippen molar-refractivity contribution in [3.63, 3.8) is 0 Å². The molecule has 12 nitrogen and oxygen atoms in total. The summed E-state index contributed by atoms with van der Waals surface area (Å²) in [5, 5.41) is 18.2. The van der Waals surface area contributed by atoms with Gasteiger partial charge in [0.15, 0.2) is 5.69 Å². The van der Waals surface area contributed by atoms with Gasteiger partial charge in [-0.25, -0.2) is 24.4 Å². The number of fused-ring (bicyclic) bond motifs is 1. The van der Waals surface area contributed by atoms with Crippen molar-refractivity contribution in [3.8, 4) is 21.7 Å². The Morgan fingerprint density at radius 2 is 1.82 bits per heavy atom. The van der Waals surface area contributed by atoms with E-state index in [2.05, 4.69) is 25.9 Å². The summed E-state index contributed by atoms with van der Waals surface area (Å²) in [6.45, 7) is 7.28. The van der Waals surface area contributed by atoms with Crippen LogP contribution in [-0.2, 0) is 17.5 Å². The second-order valence-corrected chi connectivity index (χ2v) is 11.5. The highest BCUT2D eigenvalue weighted by molar-refractivity contribution is 7.13. The van der Waals surface area contributed by atoms with Gasteiger partial charge in [-0.15, -0.1) is 11.3 Å². The highest BCUT2D eigenvalue weighted by Crippen LogP contribution is 2.39. The Kier molecular flexibility index (Phi) is 9.46. The number of carbonyl (C=O) groups excluding carboxylic acids is 2. The molecule has 0 radical (unpaired) electrons. The van der Waals surface area contributed by atoms with E-state index >= 15 is 0 Å². The number of hydrogen-bond acceptors (Lipinski definition) is 8. The first-order valence-electron chi connectivity index (χ1n) is 13.5. The summed E-state index contributed by atoms with van der Waals surface area (Å²) in [4.78, 5) is 57.3. The Bertz CT molecular complexity index is 1830. The van der Waals surface area contributed by atoms with E-state index in [0.29, 0.717) is 17.6 Å². The van der Waals surface area contributed by atoms with Gasteiger partial charge in [-0.3, -0.25) is 10.1 Å². The minimum atomic E-state index is -4.69. The SMILES string of the molecule is CCNC(=O)Nc1cc(-c2nc(C(F)(F)F)cs2)c(-c2ccc3c(c2)c(=O)c(C(=O)O)cn3CCNC(=O)OC(C)(C)C)cn1. The van der Waals surface area contributed by atoms with E-state index in [1.165, 1.54) is 29.1 Å². The van der Waals surface area contributed by atoms with Crippen LogP contribution in [0.5, 0.6) is 0 Å². The van der Waals surface area contributed by atoms with Crippen LogP contribution in [0.4, 0.5) is 28.6 Å². The number of alkyl halides is 3. The number of amides is 3. The number of carboxylic acids is 1. The maximum Gasteiger partial charge on any atom is 0.434 e. The first-order chi connectivity index (χ1) is 21.1. The van der Waals surface area contributed by atoms with E-state index in [9.17, 15) is 37.5 Å². The number of thiazole rings is 1. The number of aromatic carboxylic acids is 1. The molecule has 4 N–H and O–H groups in total. The fourth-order valence-corrected chi connectivity index (χ4v) is 5.13. The molecule has 4 aromatic rings. The van der Waals surface area contributed by atoms with Crippen LogP contribution in [0.15, 0.2) is 46.8 Å². The molecule has 0 aliphatic carbocycles. The quantitative estimate of drug-likeness (QED) is 0.193. The number of carbonyl (C=O) groups is 3. The second kappa shape index (κ2) is 12.9. The number of benzene rings is 1. The normalized spacial score (nSPS) is 11.7. The molecule has 0 bridgehead atoms. The molecule has 3 amide bonds. The second-order valence-electron chi connectivity index (χ2n) is 10.7. The van der Waals surface area contributed by atoms with Crippen molar-refractivity contribution < 1.29 is 37.4 Å². The number of rotatable bonds is 8. The fourth-order valence-electron chi connectivity index (χ4n) is 4.27. The lowest BCUT2D eigenvalue weighted by Gasteiger charge is -2.20. The zero-order chi connectivity index (χ0) is 33.1. The molecule has 4 rings (SSSR count). The van der Waals surface area contributed by atoms with Gasteiger partial charge < -0.3 is 25.0 Å². The number of urea groups is 1. The summed E-state index contributed by atoms with van der Waals surface area (Å²) >= 11 is 0.731. The molecule has 16 heteroatoms. The molecule has 3 heterocycles. The monoisotopic (exact) mass is 646 g/mol. The van der Waals surface area contributed by atoms with Gasteiger partial charge in [-0.2, -0.15) is 13.2 Å². The number of pyridine rings is 2. The average Bonchev–Trinajstić information content (AvgIpc) is 3.44. The first-order valence-corrected chi connectivity index (χ1v) is 14.4. The van der Waals surface area contributed by atoms with E-state index in [4.69, 9.17) is 4.74 Å². The molecule has 0 atom stereocenters. The number of alkyl carbamates (subject to hydrolysis) is 1. The predicted molar refractivity (Wildman–Crippen MR) is 161 cm³/mol. The number of halogens is 3. The minimum Gasteiger partial charge on any atom is -0.477 e. The van der Waals surface area contributed by atoms with Crippen LogP contribution in [0.2, 0.25) is 0 Å². The van der Waals surface area contributed by atoms with Gasteiger partial charge >= 0.3 is 24.3 Å². The van der Waals surface area contributed by atoms with Crippen molar-refractivity contribution in [3.05, 3.63) is 63.5 Å². The zero-order valence-corrected chi connectivity index (χ0v) is 25.4. The van der Waals surface area contributed by atoms with Crippen LogP contribution in [0.3, 0.4) is 0 Å². The number of hydrogen-bond donors (Lipinski definition) is 4. The Hall–Kier alpha value is -4.99. The predicted octanol–water partition coefficient (Wildman–Crippen LogP) is 5.57. The van der Waals surface area contributed by atoms with Crippen molar-refractivity contribution in [1.29, 1.82) is 0 Å². The van der Waals surface area contributed by atoms with Crippen LogP contribution in [-0.4, -0.2) is 56.4 Å². The molecular formula is C29H29F3N6O6S. The van der Waals surface area contributed by atoms with Crippen LogP contribution in [0.1, 0.15) is 43.7 Å². The number of ether oxygens (including phenoxy) is 1. The third kappa shape index (κ3) is 7.94. The molecule has 0 fully saturated rings. The van der Waals surface area contributed by atoms with Gasteiger partial charge in [0.2, 0.25) is 5.43 Å². The molecule has 238 valence electrons. The number of aromatic nitrogens is 3. The largest absolute Gasteiger partial charge is 0.477 e. The topological polar surface area (TPSA) is 165 Å². The van der Waals surface area contributed by atoms with Gasteiger partial charge in [0.05, 0.1) is 5.52 Å². The summed E-state index contributed by atoms with van der Waals surface area (Å²) in [5.74, 6) is -1.43. The summed E-state index contributed by atoms with van der Waals surface area (Å²) in [6, 6.07) is 5.35. The van der Waals surface area contributed by atoms with Crippen LogP contribution < -0.4 is 21.4 Å². The van der Waals surface area contributed by atoms with E-state index in [0.717, 1.165) is 16.7 Å². The summed E-state index contributed by atoms with van der Waals surface area (Å²) in [5.41, 5.74) is -1.99. The molecule has 45 heavy (non-hydrogen) atoms. The molecule has 0 aliphatic heterocycles. The molecule has 0 spiro atoms. The van der Waals surface area contributed by atoms with Crippen molar-refractivity contribution >= 4 is 46.2 Å². The summed E-state index contributed by atoms with van der Waals surface area (Å²) in [6.07, 6.45) is -2.87.